The van der Waals surface area contributed by atoms with Crippen molar-refractivity contribution in [3.05, 3.63) is 33.7 Å². The van der Waals surface area contributed by atoms with Crippen molar-refractivity contribution in [2.45, 2.75) is 13.3 Å². The number of carbonyl (C=O) groups excluding carboxylic acids is 2. The Morgan fingerprint density at radius 2 is 1.93 bits per heavy atom. The molecule has 0 radical (unpaired) electrons. The van der Waals surface area contributed by atoms with E-state index in [-0.39, 0.29) is 11.7 Å². The van der Waals surface area contributed by atoms with Crippen LogP contribution >= 0.6 is 0 Å². The topological polar surface area (TPSA) is 67.0 Å². The number of aromatic nitrogens is 1. The van der Waals surface area contributed by atoms with E-state index in [4.69, 9.17) is 9.59 Å². The van der Waals surface area contributed by atoms with Gasteiger partial charge >= 0.3 is 6.15 Å². The molecular weight excluding hydrogens is 196 g/mol. The van der Waals surface area contributed by atoms with Crippen molar-refractivity contribution in [3.63, 3.8) is 0 Å². The van der Waals surface area contributed by atoms with Crippen molar-refractivity contribution < 1.29 is 18.4 Å². The lowest BCUT2D eigenvalue weighted by Crippen LogP contribution is -2.06. The molecule has 0 unspecified atom stereocenters. The van der Waals surface area contributed by atoms with E-state index < -0.39 is 12.0 Å². The lowest BCUT2D eigenvalue weighted by Gasteiger charge is -2.01. The van der Waals surface area contributed by atoms with E-state index in [1.165, 1.54) is 13.1 Å². The maximum absolute atomic E-state index is 12.1. The van der Waals surface area contributed by atoms with Gasteiger partial charge in [-0.1, -0.05) is 0 Å². The van der Waals surface area contributed by atoms with Crippen LogP contribution in [0.2, 0.25) is 0 Å². The van der Waals surface area contributed by atoms with Gasteiger partial charge in [0.05, 0.1) is 0 Å². The van der Waals surface area contributed by atoms with Crippen molar-refractivity contribution in [1.29, 1.82) is 0 Å². The molecule has 0 spiro atoms. The average molecular weight is 203 g/mol. The molecule has 0 atom stereocenters. The summed E-state index contributed by atoms with van der Waals surface area (Å²) >= 11 is 0. The van der Waals surface area contributed by atoms with Crippen molar-refractivity contribution >= 4 is 6.15 Å². The normalized spacial score (nSPS) is 8.86. The zero-order valence-corrected chi connectivity index (χ0v) is 7.21. The van der Waals surface area contributed by atoms with Gasteiger partial charge in [-0.15, -0.1) is 0 Å². The van der Waals surface area contributed by atoms with Gasteiger partial charge in [0, 0.05) is 17.8 Å². The van der Waals surface area contributed by atoms with E-state index >= 15 is 0 Å². The highest BCUT2D eigenvalue weighted by Crippen LogP contribution is 2.19. The Labute approximate surface area is 77.6 Å². The summed E-state index contributed by atoms with van der Waals surface area (Å²) in [4.78, 5) is 29.1. The third-order valence-electron chi connectivity index (χ3n) is 1.41. The fourth-order valence-electron chi connectivity index (χ4n) is 0.795. The Bertz CT molecular complexity index is 380. The smallest absolute Gasteiger partial charge is 0.329 e. The summed E-state index contributed by atoms with van der Waals surface area (Å²) in [6.45, 7) is 1.53. The summed E-state index contributed by atoms with van der Waals surface area (Å²) in [5.74, 6) is 0. The Kier molecular flexibility index (Phi) is 5.02. The molecule has 76 valence electrons. The molecular formula is C8H7F2NO3. The predicted octanol–water partition coefficient (Wildman–Crippen LogP) is 1.04. The number of halogens is 2. The first-order valence-corrected chi connectivity index (χ1v) is 3.49. The van der Waals surface area contributed by atoms with Crippen LogP contribution in [-0.2, 0) is 9.59 Å². The molecule has 4 nitrogen and oxygen atoms in total. The molecule has 1 rings (SSSR count). The number of aromatic amines is 1. The van der Waals surface area contributed by atoms with Gasteiger partial charge in [-0.2, -0.15) is 9.59 Å². The van der Waals surface area contributed by atoms with Crippen molar-refractivity contribution in [2.24, 2.45) is 0 Å². The summed E-state index contributed by atoms with van der Waals surface area (Å²) in [6.07, 6.45) is -1.04. The molecule has 0 bridgehead atoms. The molecule has 0 fully saturated rings. The van der Waals surface area contributed by atoms with Crippen LogP contribution in [0.3, 0.4) is 0 Å². The number of nitrogens with one attached hydrogen (secondary N) is 1. The van der Waals surface area contributed by atoms with Gasteiger partial charge in [-0.25, -0.2) is 8.78 Å². The first-order chi connectivity index (χ1) is 6.52. The first-order valence-electron chi connectivity index (χ1n) is 3.49. The molecule has 1 heterocycles. The number of pyridine rings is 1. The minimum atomic E-state index is -2.57. The van der Waals surface area contributed by atoms with Crippen molar-refractivity contribution in [2.75, 3.05) is 0 Å². The summed E-state index contributed by atoms with van der Waals surface area (Å²) in [5.41, 5.74) is -0.292. The van der Waals surface area contributed by atoms with Crippen molar-refractivity contribution in [3.8, 4) is 0 Å². The van der Waals surface area contributed by atoms with E-state index in [1.54, 1.807) is 0 Å². The zero-order valence-electron chi connectivity index (χ0n) is 7.21. The SMILES string of the molecule is Cc1c[nH]c(=O)cc1C(F)F.O=C=O. The highest BCUT2D eigenvalue weighted by Gasteiger charge is 2.09. The van der Waals surface area contributed by atoms with Crippen molar-refractivity contribution in [1.82, 2.24) is 4.98 Å². The van der Waals surface area contributed by atoms with Gasteiger partial charge in [0.15, 0.2) is 0 Å². The molecule has 6 heteroatoms. The Balaban J connectivity index is 0.000000500. The second-order valence-corrected chi connectivity index (χ2v) is 2.32. The van der Waals surface area contributed by atoms with E-state index in [1.807, 2.05) is 0 Å². The van der Waals surface area contributed by atoms with Crippen LogP contribution < -0.4 is 5.56 Å². The lowest BCUT2D eigenvalue weighted by molar-refractivity contribution is -0.191. The van der Waals surface area contributed by atoms with Crippen LogP contribution in [0, 0.1) is 6.92 Å². The third-order valence-corrected chi connectivity index (χ3v) is 1.41. The Morgan fingerprint density at radius 1 is 1.43 bits per heavy atom. The molecule has 0 saturated carbocycles. The molecule has 0 aromatic carbocycles. The quantitative estimate of drug-likeness (QED) is 0.741. The molecule has 0 aliphatic heterocycles. The standard InChI is InChI=1S/C7H7F2NO.CO2/c1-4-3-10-6(11)2-5(4)7(8)9;2-1-3/h2-3,7H,1H3,(H,10,11);. The molecule has 0 aliphatic carbocycles. The first kappa shape index (κ1) is 12.2. The minimum absolute atomic E-state index is 0.200. The van der Waals surface area contributed by atoms with E-state index in [0.29, 0.717) is 5.56 Å². The summed E-state index contributed by atoms with van der Waals surface area (Å²) in [5, 5.41) is 0. The second kappa shape index (κ2) is 5.77. The van der Waals surface area contributed by atoms with Gasteiger partial charge in [0.2, 0.25) is 5.56 Å². The number of hydrogen-bond donors (Lipinski definition) is 1. The number of rotatable bonds is 1. The molecule has 1 N–H and O–H groups in total. The van der Waals surface area contributed by atoms with E-state index in [9.17, 15) is 13.6 Å². The molecule has 0 amide bonds. The van der Waals surface area contributed by atoms with E-state index in [0.717, 1.165) is 6.07 Å². The number of alkyl halides is 2. The van der Waals surface area contributed by atoms with Crippen LogP contribution in [0.4, 0.5) is 8.78 Å². The number of H-pyrrole nitrogens is 1. The second-order valence-electron chi connectivity index (χ2n) is 2.32. The zero-order chi connectivity index (χ0) is 11.1. The van der Waals surface area contributed by atoms with Gasteiger partial charge < -0.3 is 4.98 Å². The maximum Gasteiger partial charge on any atom is 0.373 e. The van der Waals surface area contributed by atoms with Crippen LogP contribution in [-0.4, -0.2) is 11.1 Å². The minimum Gasteiger partial charge on any atom is -0.329 e. The Morgan fingerprint density at radius 3 is 2.29 bits per heavy atom. The molecule has 1 aromatic rings. The highest BCUT2D eigenvalue weighted by atomic mass is 19.3. The van der Waals surface area contributed by atoms with Gasteiger partial charge in [0.25, 0.3) is 6.43 Å². The van der Waals surface area contributed by atoms with Crippen LogP contribution in [0.15, 0.2) is 17.1 Å². The monoisotopic (exact) mass is 203 g/mol. The maximum atomic E-state index is 12.1. The lowest BCUT2D eigenvalue weighted by atomic mass is 10.2. The Hall–Kier alpha value is -1.81. The van der Waals surface area contributed by atoms with Gasteiger partial charge in [0.1, 0.15) is 0 Å². The molecule has 1 aromatic heterocycles. The van der Waals surface area contributed by atoms with Crippen LogP contribution in [0.25, 0.3) is 0 Å². The fourth-order valence-corrected chi connectivity index (χ4v) is 0.795. The van der Waals surface area contributed by atoms with Crippen LogP contribution in [0.1, 0.15) is 17.6 Å². The van der Waals surface area contributed by atoms with Gasteiger partial charge in [-0.3, -0.25) is 4.79 Å². The summed E-state index contributed by atoms with van der Waals surface area (Å²) in [6, 6.07) is 0.917. The van der Waals surface area contributed by atoms with E-state index in [2.05, 4.69) is 4.98 Å². The third kappa shape index (κ3) is 3.73. The largest absolute Gasteiger partial charge is 0.373 e. The average Bonchev–Trinajstić information content (AvgIpc) is 2.10. The highest BCUT2D eigenvalue weighted by molar-refractivity contribution is 5.22. The summed E-state index contributed by atoms with van der Waals surface area (Å²) in [7, 11) is 0. The van der Waals surface area contributed by atoms with Gasteiger partial charge in [-0.05, 0) is 12.5 Å². The molecule has 0 aliphatic rings. The summed E-state index contributed by atoms with van der Waals surface area (Å²) < 4.78 is 24.1. The number of hydrogen-bond acceptors (Lipinski definition) is 3. The number of aryl methyl sites for hydroxylation is 1. The molecule has 0 saturated heterocycles. The van der Waals surface area contributed by atoms with Crippen LogP contribution in [0.5, 0.6) is 0 Å². The predicted molar refractivity (Wildman–Crippen MR) is 41.8 cm³/mol. The fraction of sp³-hybridized carbons (Fsp3) is 0.250. The molecule has 14 heavy (non-hydrogen) atoms.